The van der Waals surface area contributed by atoms with Gasteiger partial charge in [-0.25, -0.2) is 0 Å². The second-order valence-electron chi connectivity index (χ2n) is 3.00. The number of rotatable bonds is 5. The molecule has 0 aliphatic heterocycles. The molecule has 0 aliphatic carbocycles. The lowest BCUT2D eigenvalue weighted by Crippen LogP contribution is -2.56. The van der Waals surface area contributed by atoms with Crippen LogP contribution in [0.4, 0.5) is 0 Å². The first kappa shape index (κ1) is 12.5. The van der Waals surface area contributed by atoms with Crippen molar-refractivity contribution in [2.45, 2.75) is 30.8 Å². The maximum Gasteiger partial charge on any atom is 0.151 e. The summed E-state index contributed by atoms with van der Waals surface area (Å²) >= 11 is 0. The van der Waals surface area contributed by atoms with E-state index in [1.165, 1.54) is 0 Å². The lowest BCUT2D eigenvalue weighted by Gasteiger charge is -2.32. The largest absolute Gasteiger partial charge is 0.394 e. The van der Waals surface area contributed by atoms with E-state index in [0.717, 1.165) is 6.92 Å². The maximum absolute atomic E-state index is 10.1. The number of aldehydes is 1. The highest BCUT2D eigenvalue weighted by Gasteiger charge is 2.41. The number of hydrogen-bond donors (Lipinski definition) is 5. The summed E-state index contributed by atoms with van der Waals surface area (Å²) in [4.78, 5) is 10.1. The van der Waals surface area contributed by atoms with Gasteiger partial charge in [0.15, 0.2) is 6.29 Å². The van der Waals surface area contributed by atoms with Gasteiger partial charge in [0.25, 0.3) is 0 Å². The third-order valence-corrected chi connectivity index (χ3v) is 1.88. The summed E-state index contributed by atoms with van der Waals surface area (Å²) in [6.07, 6.45) is -5.18. The van der Waals surface area contributed by atoms with Crippen LogP contribution in [0.25, 0.3) is 0 Å². The average Bonchev–Trinajstić information content (AvgIpc) is 2.13. The molecule has 0 aromatic rings. The van der Waals surface area contributed by atoms with Gasteiger partial charge in [-0.15, -0.1) is 0 Å². The first-order chi connectivity index (χ1) is 5.87. The summed E-state index contributed by atoms with van der Waals surface area (Å²) in [5.41, 5.74) is -2.18. The first-order valence-corrected chi connectivity index (χ1v) is 3.70. The fourth-order valence-corrected chi connectivity index (χ4v) is 0.802. The van der Waals surface area contributed by atoms with Crippen LogP contribution < -0.4 is 0 Å². The highest BCUT2D eigenvalue weighted by Crippen LogP contribution is 2.16. The Hall–Kier alpha value is -0.530. The van der Waals surface area contributed by atoms with Crippen LogP contribution in [0.3, 0.4) is 0 Å². The van der Waals surface area contributed by atoms with Crippen molar-refractivity contribution < 1.29 is 30.3 Å². The quantitative estimate of drug-likeness (QED) is 0.298. The van der Waals surface area contributed by atoms with Gasteiger partial charge in [0, 0.05) is 0 Å². The Morgan fingerprint density at radius 2 is 1.85 bits per heavy atom. The highest BCUT2D eigenvalue weighted by atomic mass is 16.4. The van der Waals surface area contributed by atoms with E-state index < -0.39 is 30.5 Å². The molecule has 0 saturated carbocycles. The van der Waals surface area contributed by atoms with E-state index in [2.05, 4.69) is 0 Å². The van der Waals surface area contributed by atoms with Crippen LogP contribution >= 0.6 is 0 Å². The first-order valence-electron chi connectivity index (χ1n) is 3.70. The smallest absolute Gasteiger partial charge is 0.151 e. The van der Waals surface area contributed by atoms with Crippen molar-refractivity contribution >= 4 is 6.29 Å². The van der Waals surface area contributed by atoms with Crippen LogP contribution in [0.5, 0.6) is 0 Å². The van der Waals surface area contributed by atoms with Crippen LogP contribution in [-0.2, 0) is 4.79 Å². The van der Waals surface area contributed by atoms with Gasteiger partial charge in [-0.1, -0.05) is 0 Å². The Kier molecular flexibility index (Phi) is 4.45. The number of carbonyl (C=O) groups is 1. The molecule has 6 heteroatoms. The fourth-order valence-electron chi connectivity index (χ4n) is 0.802. The number of hydrogen-bond acceptors (Lipinski definition) is 6. The molecule has 0 aromatic heterocycles. The molecule has 0 aliphatic rings. The Labute approximate surface area is 75.1 Å². The van der Waals surface area contributed by atoms with Crippen LogP contribution in [0.2, 0.25) is 0 Å². The third-order valence-electron chi connectivity index (χ3n) is 1.88. The highest BCUT2D eigenvalue weighted by molar-refractivity contribution is 5.58. The van der Waals surface area contributed by atoms with Gasteiger partial charge in [0.05, 0.1) is 6.61 Å². The topological polar surface area (TPSA) is 118 Å². The summed E-state index contributed by atoms with van der Waals surface area (Å²) in [5, 5.41) is 44.8. The van der Waals surface area contributed by atoms with Crippen molar-refractivity contribution in [2.24, 2.45) is 0 Å². The lowest BCUT2D eigenvalue weighted by atomic mass is 9.90. The predicted octanol–water partition coefficient (Wildman–Crippen LogP) is -2.99. The Balaban J connectivity index is 4.51. The van der Waals surface area contributed by atoms with Gasteiger partial charge >= 0.3 is 0 Å². The van der Waals surface area contributed by atoms with Crippen molar-refractivity contribution in [3.05, 3.63) is 0 Å². The van der Waals surface area contributed by atoms with Crippen LogP contribution in [0, 0.1) is 0 Å². The minimum absolute atomic E-state index is 0.0350. The molecule has 0 amide bonds. The van der Waals surface area contributed by atoms with Crippen molar-refractivity contribution in [1.82, 2.24) is 0 Å². The zero-order valence-electron chi connectivity index (χ0n) is 7.16. The van der Waals surface area contributed by atoms with E-state index in [1.54, 1.807) is 0 Å². The minimum atomic E-state index is -2.18. The van der Waals surface area contributed by atoms with Gasteiger partial charge in [0.2, 0.25) is 0 Å². The van der Waals surface area contributed by atoms with Gasteiger partial charge in [-0.3, -0.25) is 0 Å². The lowest BCUT2D eigenvalue weighted by molar-refractivity contribution is -0.173. The minimum Gasteiger partial charge on any atom is -0.394 e. The van der Waals surface area contributed by atoms with E-state index in [1.807, 2.05) is 0 Å². The Morgan fingerprint density at radius 1 is 1.38 bits per heavy atom. The third kappa shape index (κ3) is 2.71. The molecule has 0 bridgehead atoms. The van der Waals surface area contributed by atoms with Crippen LogP contribution in [0.15, 0.2) is 0 Å². The van der Waals surface area contributed by atoms with Gasteiger partial charge in [-0.2, -0.15) is 0 Å². The second kappa shape index (κ2) is 4.64. The van der Waals surface area contributed by atoms with Crippen molar-refractivity contribution in [3.63, 3.8) is 0 Å². The van der Waals surface area contributed by atoms with E-state index in [0.29, 0.717) is 0 Å². The summed E-state index contributed by atoms with van der Waals surface area (Å²) < 4.78 is 0. The molecule has 0 fully saturated rings. The summed E-state index contributed by atoms with van der Waals surface area (Å²) in [7, 11) is 0. The molecular weight excluding hydrogens is 180 g/mol. The van der Waals surface area contributed by atoms with Crippen LogP contribution in [0.1, 0.15) is 6.92 Å². The molecule has 0 radical (unpaired) electrons. The predicted molar refractivity (Wildman–Crippen MR) is 41.8 cm³/mol. The van der Waals surface area contributed by atoms with E-state index >= 15 is 0 Å². The molecular formula is C7H14O6. The molecule has 0 aromatic carbocycles. The molecule has 0 saturated heterocycles. The average molecular weight is 194 g/mol. The normalized spacial score (nSPS) is 22.9. The summed E-state index contributed by atoms with van der Waals surface area (Å²) in [6, 6.07) is 0. The molecule has 0 rings (SSSR count). The maximum atomic E-state index is 10.1. The standard InChI is InChI=1S/C7H14O6/c1-7(13,5(11)3-9)6(12)4(10)2-8/h3-6,8,10-13H,2H2,1H3. The Bertz CT molecular complexity index is 168. The zero-order valence-corrected chi connectivity index (χ0v) is 7.16. The monoisotopic (exact) mass is 194 g/mol. The molecule has 4 atom stereocenters. The van der Waals surface area contributed by atoms with Crippen molar-refractivity contribution in [3.8, 4) is 0 Å². The molecule has 0 spiro atoms. The Morgan fingerprint density at radius 3 is 2.15 bits per heavy atom. The van der Waals surface area contributed by atoms with Crippen molar-refractivity contribution in [1.29, 1.82) is 0 Å². The summed E-state index contributed by atoms with van der Waals surface area (Å²) in [5.74, 6) is 0. The van der Waals surface area contributed by atoms with E-state index in [-0.39, 0.29) is 6.29 Å². The second-order valence-corrected chi connectivity index (χ2v) is 3.00. The van der Waals surface area contributed by atoms with Gasteiger partial charge < -0.3 is 30.3 Å². The molecule has 5 N–H and O–H groups in total. The zero-order chi connectivity index (χ0) is 10.6. The fraction of sp³-hybridized carbons (Fsp3) is 0.857. The molecule has 13 heavy (non-hydrogen) atoms. The SMILES string of the molecule is CC(O)(C(O)C=O)C(O)C(O)CO. The number of aliphatic hydroxyl groups excluding tert-OH is 4. The van der Waals surface area contributed by atoms with Gasteiger partial charge in [0.1, 0.15) is 23.9 Å². The number of aliphatic hydroxyl groups is 5. The summed E-state index contributed by atoms with van der Waals surface area (Å²) in [6.45, 7) is 0.207. The van der Waals surface area contributed by atoms with Crippen molar-refractivity contribution in [2.75, 3.05) is 6.61 Å². The van der Waals surface area contributed by atoms with Crippen LogP contribution in [-0.4, -0.2) is 62.3 Å². The van der Waals surface area contributed by atoms with Gasteiger partial charge in [-0.05, 0) is 6.92 Å². The molecule has 4 unspecified atom stereocenters. The number of carbonyl (C=O) groups excluding carboxylic acids is 1. The molecule has 0 heterocycles. The molecule has 6 nitrogen and oxygen atoms in total. The van der Waals surface area contributed by atoms with E-state index in [4.69, 9.17) is 20.4 Å². The van der Waals surface area contributed by atoms with E-state index in [9.17, 15) is 9.90 Å². The molecule has 78 valence electrons.